The van der Waals surface area contributed by atoms with Gasteiger partial charge in [-0.2, -0.15) is 0 Å². The molecule has 4 aromatic carbocycles. The summed E-state index contributed by atoms with van der Waals surface area (Å²) in [5.41, 5.74) is -16.1. The maximum Gasteiger partial charge on any atom is 0.200 e. The first-order valence-corrected chi connectivity index (χ1v) is 22.3. The second-order valence-electron chi connectivity index (χ2n) is 18.7. The number of H-pyrrole nitrogens is 2. The molecule has 0 spiro atoms. The lowest BCUT2D eigenvalue weighted by Gasteiger charge is -2.23. The number of aromatic amines is 2. The van der Waals surface area contributed by atoms with Crippen molar-refractivity contribution in [2.45, 2.75) is 5.92 Å². The van der Waals surface area contributed by atoms with Gasteiger partial charge in [0.15, 0.2) is 93.1 Å². The van der Waals surface area contributed by atoms with Crippen LogP contribution in [0, 0.1) is 140 Å². The van der Waals surface area contributed by atoms with Gasteiger partial charge in [0.05, 0.1) is 34.0 Å². The van der Waals surface area contributed by atoms with E-state index in [1.807, 2.05) is 0 Å². The van der Waals surface area contributed by atoms with E-state index in [4.69, 9.17) is 0 Å². The molecule has 76 heavy (non-hydrogen) atoms. The van der Waals surface area contributed by atoms with Crippen LogP contribution in [0.1, 0.15) is 50.9 Å². The number of aromatic nitrogens is 2. The third-order valence-corrected chi connectivity index (χ3v) is 14.5. The standard InChI is InChI=1S/C50H26F20N6/c1-75-7-11-13(9-75)49-26(25-33(57)41(65)46(70)42(66)34(25)58)50-14-10-76(2)8-12(14)48(74-50)21(24-31(55)39(63)45(69)40(64)32(24)56)18-6-4-16(72-18)19(22-27(51)35(59)43(67)36(60)28(22)52)15-3-5-17(71-15)20(47(11)73-49)23-29(53)37(61)44(68)38(62)30(23)54/h3-6,11-14,19,71-73H,7-10H2,1-2H3. The summed E-state index contributed by atoms with van der Waals surface area (Å²) in [4.78, 5) is 12.3. The van der Waals surface area contributed by atoms with Gasteiger partial charge >= 0.3 is 0 Å². The van der Waals surface area contributed by atoms with Gasteiger partial charge in [-0.05, 0) is 38.4 Å². The van der Waals surface area contributed by atoms with Gasteiger partial charge in [0.25, 0.3) is 0 Å². The van der Waals surface area contributed by atoms with Crippen LogP contribution in [0.4, 0.5) is 87.8 Å². The highest BCUT2D eigenvalue weighted by Gasteiger charge is 2.52. The van der Waals surface area contributed by atoms with Crippen molar-refractivity contribution in [3.05, 3.63) is 203 Å². The Bertz CT molecular complexity index is 3620. The highest BCUT2D eigenvalue weighted by Crippen LogP contribution is 2.53. The molecule has 0 amide bonds. The molecule has 11 rings (SSSR count). The molecule has 3 saturated heterocycles. The summed E-state index contributed by atoms with van der Waals surface area (Å²) in [6.07, 6.45) is 0. The van der Waals surface area contributed by atoms with Gasteiger partial charge < -0.3 is 25.1 Å². The average molecular weight is 1090 g/mol. The van der Waals surface area contributed by atoms with Crippen molar-refractivity contribution in [3.8, 4) is 0 Å². The van der Waals surface area contributed by atoms with Crippen LogP contribution in [-0.4, -0.2) is 65.8 Å². The van der Waals surface area contributed by atoms with Crippen molar-refractivity contribution in [2.75, 3.05) is 40.3 Å². The molecule has 8 bridgehead atoms. The van der Waals surface area contributed by atoms with Crippen LogP contribution >= 0.6 is 0 Å². The lowest BCUT2D eigenvalue weighted by molar-refractivity contribution is 0.368. The Hall–Kier alpha value is -7.35. The number of aliphatic imine (C=N–C) groups is 1. The van der Waals surface area contributed by atoms with E-state index in [1.165, 1.54) is 23.9 Å². The Morgan fingerprint density at radius 2 is 0.684 bits per heavy atom. The molecule has 6 aromatic rings. The molecule has 6 nitrogen and oxygen atoms in total. The van der Waals surface area contributed by atoms with E-state index < -0.39 is 230 Å². The van der Waals surface area contributed by atoms with E-state index in [0.29, 0.717) is 0 Å². The molecule has 5 atom stereocenters. The third kappa shape index (κ3) is 6.99. The zero-order valence-corrected chi connectivity index (χ0v) is 37.9. The Labute approximate surface area is 412 Å². The number of allylic oxidation sites excluding steroid dienone is 1. The molecule has 0 aliphatic carbocycles. The van der Waals surface area contributed by atoms with E-state index >= 15 is 70.2 Å². The second-order valence-corrected chi connectivity index (χ2v) is 18.7. The number of benzene rings is 4. The van der Waals surface area contributed by atoms with E-state index in [1.54, 1.807) is 0 Å². The van der Waals surface area contributed by atoms with Crippen LogP contribution in [0.2, 0.25) is 0 Å². The van der Waals surface area contributed by atoms with Crippen LogP contribution in [0.15, 0.2) is 46.3 Å². The number of hydrogen-bond donors (Lipinski definition) is 3. The van der Waals surface area contributed by atoms with Gasteiger partial charge in [0.2, 0.25) is 23.3 Å². The fourth-order valence-electron chi connectivity index (χ4n) is 11.2. The van der Waals surface area contributed by atoms with E-state index in [0.717, 1.165) is 24.3 Å². The minimum Gasteiger partial charge on any atom is -0.361 e. The fraction of sp³-hybridized carbons (Fsp3) is 0.220. The lowest BCUT2D eigenvalue weighted by Crippen LogP contribution is -2.27. The first-order valence-electron chi connectivity index (χ1n) is 22.3. The molecular weight excluding hydrogens is 1060 g/mol. The summed E-state index contributed by atoms with van der Waals surface area (Å²) in [5.74, 6) is -59.6. The van der Waals surface area contributed by atoms with E-state index in [2.05, 4.69) is 20.3 Å². The average Bonchev–Trinajstić information content (AvgIpc) is 4.34. The lowest BCUT2D eigenvalue weighted by atomic mass is 9.81. The van der Waals surface area contributed by atoms with E-state index in [9.17, 15) is 17.6 Å². The topological polar surface area (TPSA) is 62.5 Å². The molecule has 5 unspecified atom stereocenters. The van der Waals surface area contributed by atoms with Gasteiger partial charge in [0.1, 0.15) is 0 Å². The molecule has 7 heterocycles. The number of nitrogens with one attached hydrogen (secondary N) is 3. The quantitative estimate of drug-likeness (QED) is 0.0937. The van der Waals surface area contributed by atoms with Crippen molar-refractivity contribution < 1.29 is 87.8 Å². The highest BCUT2D eigenvalue weighted by molar-refractivity contribution is 6.28. The predicted octanol–water partition coefficient (Wildman–Crippen LogP) is 11.7. The van der Waals surface area contributed by atoms with Gasteiger partial charge in [-0.1, -0.05) is 0 Å². The molecule has 3 fully saturated rings. The van der Waals surface area contributed by atoms with Crippen LogP contribution in [-0.2, 0) is 0 Å². The Balaban J connectivity index is 1.37. The Morgan fingerprint density at radius 1 is 0.368 bits per heavy atom. The predicted molar refractivity (Wildman–Crippen MR) is 226 cm³/mol. The normalized spacial score (nSPS) is 21.7. The number of halogens is 20. The molecule has 396 valence electrons. The number of hydrogen-bond acceptors (Lipinski definition) is 4. The second kappa shape index (κ2) is 17.6. The highest BCUT2D eigenvalue weighted by atomic mass is 19.2. The zero-order valence-electron chi connectivity index (χ0n) is 37.9. The molecule has 26 heteroatoms. The maximum absolute atomic E-state index is 16.7. The van der Waals surface area contributed by atoms with Crippen molar-refractivity contribution in [2.24, 2.45) is 28.7 Å². The van der Waals surface area contributed by atoms with Crippen LogP contribution in [0.5, 0.6) is 0 Å². The van der Waals surface area contributed by atoms with Crippen molar-refractivity contribution >= 4 is 22.4 Å². The van der Waals surface area contributed by atoms with Gasteiger partial charge in [-0.25, -0.2) is 87.8 Å². The molecule has 2 aromatic heterocycles. The SMILES string of the molecule is CN1CC2C3=NC(=C(c4c(F)c(F)c(F)c(F)c4F)c4ccc([nH]4)C(c4c(F)c(F)c(F)c(F)c4F)c4ccc([nH]4)C(c4c(F)c(F)c(F)c(F)c4F)=C4NC(=C3c3c(F)c(F)c(F)c(F)c3F)C3CN(C)CC43)C2C1. The zero-order chi connectivity index (χ0) is 54.7. The van der Waals surface area contributed by atoms with Crippen LogP contribution < -0.4 is 5.32 Å². The van der Waals surface area contributed by atoms with E-state index in [-0.39, 0.29) is 26.2 Å². The minimum absolute atomic E-state index is 0.331. The summed E-state index contributed by atoms with van der Waals surface area (Å²) in [6.45, 7) is -1.36. The maximum atomic E-state index is 16.7. The van der Waals surface area contributed by atoms with Gasteiger partial charge in [0, 0.05) is 106 Å². The first kappa shape index (κ1) is 50.8. The largest absolute Gasteiger partial charge is 0.361 e. The number of likely N-dealkylation sites (tertiary alicyclic amines) is 2. The van der Waals surface area contributed by atoms with Crippen molar-refractivity contribution in [3.63, 3.8) is 0 Å². The van der Waals surface area contributed by atoms with Crippen LogP contribution in [0.3, 0.4) is 0 Å². The van der Waals surface area contributed by atoms with Crippen LogP contribution in [0.25, 0.3) is 16.7 Å². The molecule has 0 radical (unpaired) electrons. The molecule has 0 saturated carbocycles. The summed E-state index contributed by atoms with van der Waals surface area (Å²) in [7, 11) is 2.79. The molecule has 5 aliphatic rings. The van der Waals surface area contributed by atoms with Gasteiger partial charge in [-0.15, -0.1) is 0 Å². The van der Waals surface area contributed by atoms with Crippen molar-refractivity contribution in [1.82, 2.24) is 25.1 Å². The van der Waals surface area contributed by atoms with Gasteiger partial charge in [-0.3, -0.25) is 4.99 Å². The first-order chi connectivity index (χ1) is 35.9. The minimum atomic E-state index is -2.68. The summed E-state index contributed by atoms with van der Waals surface area (Å²) >= 11 is 0. The molecular formula is C50H26F20N6. The summed E-state index contributed by atoms with van der Waals surface area (Å²) in [6, 6.07) is 3.05. The van der Waals surface area contributed by atoms with Crippen molar-refractivity contribution in [1.29, 1.82) is 0 Å². The Morgan fingerprint density at radius 3 is 1.11 bits per heavy atom. The number of nitrogens with zero attached hydrogens (tertiary/aromatic N) is 3. The monoisotopic (exact) mass is 1090 g/mol. The molecule has 5 aliphatic heterocycles. The summed E-state index contributed by atoms with van der Waals surface area (Å²) < 4.78 is 314. The number of fused-ring (bicyclic) bond motifs is 13. The number of rotatable bonds is 4. The summed E-state index contributed by atoms with van der Waals surface area (Å²) in [5, 5.41) is 2.68. The smallest absolute Gasteiger partial charge is 0.200 e. The Kier molecular flexibility index (Phi) is 11.8. The fourth-order valence-corrected chi connectivity index (χ4v) is 11.2. The molecule has 3 N–H and O–H groups in total. The third-order valence-electron chi connectivity index (χ3n) is 14.5.